The highest BCUT2D eigenvalue weighted by atomic mass is 16.6. The van der Waals surface area contributed by atoms with Crippen LogP contribution in [-0.4, -0.2) is 36.1 Å². The number of aryl methyl sites for hydroxylation is 1. The molecule has 0 aromatic carbocycles. The summed E-state index contributed by atoms with van der Waals surface area (Å²) in [6, 6.07) is 3.15. The fourth-order valence-electron chi connectivity index (χ4n) is 3.91. The number of nitro groups is 1. The number of esters is 1. The van der Waals surface area contributed by atoms with Crippen molar-refractivity contribution in [2.24, 2.45) is 11.3 Å². The first kappa shape index (κ1) is 14.7. The van der Waals surface area contributed by atoms with Crippen molar-refractivity contribution in [3.8, 4) is 0 Å². The summed E-state index contributed by atoms with van der Waals surface area (Å²) in [5, 5.41) is 10.9. The second kappa shape index (κ2) is 5.23. The molecular formula is C15H19N3O4. The third kappa shape index (κ3) is 2.12. The number of anilines is 1. The molecule has 1 saturated carbocycles. The smallest absolute Gasteiger partial charge is 0.313 e. The first-order valence-electron chi connectivity index (χ1n) is 7.43. The van der Waals surface area contributed by atoms with Gasteiger partial charge in [-0.3, -0.25) is 14.9 Å². The normalized spacial score (nSPS) is 26.8. The molecule has 1 saturated heterocycles. The van der Waals surface area contributed by atoms with Gasteiger partial charge in [0.2, 0.25) is 0 Å². The molecule has 0 spiro atoms. The van der Waals surface area contributed by atoms with Gasteiger partial charge in [-0.2, -0.15) is 0 Å². The Balaban J connectivity index is 1.88. The zero-order valence-electron chi connectivity index (χ0n) is 12.7. The fraction of sp³-hybridized carbons (Fsp3) is 0.600. The van der Waals surface area contributed by atoms with Crippen LogP contribution in [0.4, 0.5) is 11.5 Å². The number of pyridine rings is 1. The van der Waals surface area contributed by atoms with E-state index in [1.807, 2.05) is 0 Å². The van der Waals surface area contributed by atoms with E-state index in [0.29, 0.717) is 18.1 Å². The van der Waals surface area contributed by atoms with Crippen LogP contribution in [0.3, 0.4) is 0 Å². The van der Waals surface area contributed by atoms with Crippen molar-refractivity contribution >= 4 is 17.5 Å². The first-order chi connectivity index (χ1) is 10.5. The highest BCUT2D eigenvalue weighted by Gasteiger charge is 2.55. The molecular weight excluding hydrogens is 286 g/mol. The molecule has 2 heterocycles. The first-order valence-corrected chi connectivity index (χ1v) is 7.43. The Kier molecular flexibility index (Phi) is 3.50. The van der Waals surface area contributed by atoms with Crippen LogP contribution in [-0.2, 0) is 9.53 Å². The van der Waals surface area contributed by atoms with Crippen LogP contribution in [0.2, 0.25) is 0 Å². The molecule has 22 heavy (non-hydrogen) atoms. The van der Waals surface area contributed by atoms with E-state index in [0.717, 1.165) is 25.8 Å². The SMILES string of the molecule is COC(=O)C12CCCC1CN(c1ccc([N+](=O)[O-])c(C)n1)C2. The van der Waals surface area contributed by atoms with Gasteiger partial charge in [-0.25, -0.2) is 4.98 Å². The Hall–Kier alpha value is -2.18. The summed E-state index contributed by atoms with van der Waals surface area (Å²) >= 11 is 0. The minimum Gasteiger partial charge on any atom is -0.469 e. The summed E-state index contributed by atoms with van der Waals surface area (Å²) in [6.07, 6.45) is 2.89. The third-order valence-electron chi connectivity index (χ3n) is 5.03. The summed E-state index contributed by atoms with van der Waals surface area (Å²) in [4.78, 5) is 29.1. The number of nitrogens with zero attached hydrogens (tertiary/aromatic N) is 3. The van der Waals surface area contributed by atoms with Crippen LogP contribution < -0.4 is 4.90 Å². The largest absolute Gasteiger partial charge is 0.469 e. The van der Waals surface area contributed by atoms with E-state index in [1.165, 1.54) is 13.2 Å². The van der Waals surface area contributed by atoms with Gasteiger partial charge in [0.15, 0.2) is 0 Å². The monoisotopic (exact) mass is 305 g/mol. The molecule has 2 atom stereocenters. The number of carbonyl (C=O) groups excluding carboxylic acids is 1. The number of hydrogen-bond donors (Lipinski definition) is 0. The van der Waals surface area contributed by atoms with Crippen LogP contribution in [0.1, 0.15) is 25.0 Å². The van der Waals surface area contributed by atoms with Crippen LogP contribution in [0.15, 0.2) is 12.1 Å². The molecule has 2 fully saturated rings. The van der Waals surface area contributed by atoms with Crippen molar-refractivity contribution in [3.63, 3.8) is 0 Å². The van der Waals surface area contributed by atoms with Crippen LogP contribution in [0.5, 0.6) is 0 Å². The maximum Gasteiger partial charge on any atom is 0.313 e. The van der Waals surface area contributed by atoms with Crippen LogP contribution in [0, 0.1) is 28.4 Å². The molecule has 118 valence electrons. The van der Waals surface area contributed by atoms with Crippen molar-refractivity contribution in [1.29, 1.82) is 0 Å². The lowest BCUT2D eigenvalue weighted by Gasteiger charge is -2.25. The number of ether oxygens (including phenoxy) is 1. The Morgan fingerprint density at radius 1 is 1.55 bits per heavy atom. The molecule has 0 radical (unpaired) electrons. The minimum atomic E-state index is -0.438. The van der Waals surface area contributed by atoms with E-state index in [2.05, 4.69) is 9.88 Å². The summed E-state index contributed by atoms with van der Waals surface area (Å²) in [5.41, 5.74) is -0.0240. The lowest BCUT2D eigenvalue weighted by molar-refractivity contribution is -0.385. The molecule has 7 heteroatoms. The quantitative estimate of drug-likeness (QED) is 0.483. The van der Waals surface area contributed by atoms with Crippen LogP contribution in [0.25, 0.3) is 0 Å². The average Bonchev–Trinajstić information content (AvgIpc) is 3.03. The minimum absolute atomic E-state index is 0.0193. The topological polar surface area (TPSA) is 85.6 Å². The molecule has 0 amide bonds. The molecule has 0 N–H and O–H groups in total. The van der Waals surface area contributed by atoms with E-state index in [1.54, 1.807) is 13.0 Å². The van der Waals surface area contributed by atoms with E-state index < -0.39 is 10.3 Å². The molecule has 1 aliphatic carbocycles. The Bertz CT molecular complexity index is 633. The number of aromatic nitrogens is 1. The van der Waals surface area contributed by atoms with Gasteiger partial charge in [0.05, 0.1) is 17.4 Å². The van der Waals surface area contributed by atoms with Gasteiger partial charge >= 0.3 is 5.97 Å². The third-order valence-corrected chi connectivity index (χ3v) is 5.03. The van der Waals surface area contributed by atoms with Gasteiger partial charge < -0.3 is 9.64 Å². The van der Waals surface area contributed by atoms with Crippen molar-refractivity contribution in [2.45, 2.75) is 26.2 Å². The maximum atomic E-state index is 12.2. The van der Waals surface area contributed by atoms with E-state index in [9.17, 15) is 14.9 Å². The molecule has 1 aromatic heterocycles. The molecule has 2 aliphatic rings. The van der Waals surface area contributed by atoms with Crippen molar-refractivity contribution in [2.75, 3.05) is 25.1 Å². The van der Waals surface area contributed by atoms with Crippen molar-refractivity contribution in [3.05, 3.63) is 27.9 Å². The average molecular weight is 305 g/mol. The van der Waals surface area contributed by atoms with Gasteiger partial charge in [-0.05, 0) is 31.7 Å². The van der Waals surface area contributed by atoms with Gasteiger partial charge in [0, 0.05) is 19.2 Å². The summed E-state index contributed by atoms with van der Waals surface area (Å²) in [7, 11) is 1.43. The molecule has 1 aromatic rings. The summed E-state index contributed by atoms with van der Waals surface area (Å²) in [5.74, 6) is 0.828. The molecule has 1 aliphatic heterocycles. The Morgan fingerprint density at radius 3 is 2.95 bits per heavy atom. The maximum absolute atomic E-state index is 12.2. The van der Waals surface area contributed by atoms with Crippen molar-refractivity contribution in [1.82, 2.24) is 4.98 Å². The lowest BCUT2D eigenvalue weighted by Crippen LogP contribution is -2.37. The van der Waals surface area contributed by atoms with Gasteiger partial charge in [-0.1, -0.05) is 6.42 Å². The van der Waals surface area contributed by atoms with Gasteiger partial charge in [0.25, 0.3) is 5.69 Å². The summed E-state index contributed by atoms with van der Waals surface area (Å²) < 4.78 is 5.02. The highest BCUT2D eigenvalue weighted by Crippen LogP contribution is 2.50. The summed E-state index contributed by atoms with van der Waals surface area (Å²) in [6.45, 7) is 2.96. The lowest BCUT2D eigenvalue weighted by atomic mass is 9.81. The second-order valence-corrected chi connectivity index (χ2v) is 6.15. The van der Waals surface area contributed by atoms with Gasteiger partial charge in [-0.15, -0.1) is 0 Å². The Morgan fingerprint density at radius 2 is 2.32 bits per heavy atom. The molecule has 7 nitrogen and oxygen atoms in total. The molecule has 2 unspecified atom stereocenters. The number of hydrogen-bond acceptors (Lipinski definition) is 6. The standard InChI is InChI=1S/C15H19N3O4/c1-10-12(18(20)21)5-6-13(16-10)17-8-11-4-3-7-15(11,9-17)14(19)22-2/h5-6,11H,3-4,7-9H2,1-2H3. The van der Waals surface area contributed by atoms with E-state index >= 15 is 0 Å². The van der Waals surface area contributed by atoms with Crippen LogP contribution >= 0.6 is 0 Å². The number of carbonyl (C=O) groups is 1. The molecule has 0 bridgehead atoms. The van der Waals surface area contributed by atoms with Gasteiger partial charge in [0.1, 0.15) is 11.5 Å². The number of rotatable bonds is 3. The number of fused-ring (bicyclic) bond motifs is 1. The second-order valence-electron chi connectivity index (χ2n) is 6.15. The number of methoxy groups -OCH3 is 1. The zero-order valence-corrected chi connectivity index (χ0v) is 12.7. The van der Waals surface area contributed by atoms with E-state index in [-0.39, 0.29) is 17.6 Å². The van der Waals surface area contributed by atoms with Crippen molar-refractivity contribution < 1.29 is 14.5 Å². The predicted molar refractivity (Wildman–Crippen MR) is 79.6 cm³/mol. The van der Waals surface area contributed by atoms with E-state index in [4.69, 9.17) is 4.74 Å². The highest BCUT2D eigenvalue weighted by molar-refractivity contribution is 5.79. The Labute approximate surface area is 128 Å². The fourth-order valence-corrected chi connectivity index (χ4v) is 3.91. The molecule has 3 rings (SSSR count). The predicted octanol–water partition coefficient (Wildman–Crippen LogP) is 2.08. The zero-order chi connectivity index (χ0) is 15.9.